The molecular formula is C21H34ClN5. The highest BCUT2D eigenvalue weighted by Gasteiger charge is 2.19. The van der Waals surface area contributed by atoms with Crippen LogP contribution in [-0.4, -0.2) is 42.8 Å². The van der Waals surface area contributed by atoms with Crippen LogP contribution in [0.25, 0.3) is 0 Å². The summed E-state index contributed by atoms with van der Waals surface area (Å²) in [4.78, 5) is 0. The normalized spacial score (nSPS) is 24.2. The predicted molar refractivity (Wildman–Crippen MR) is 116 cm³/mol. The van der Waals surface area contributed by atoms with Crippen LogP contribution in [-0.2, 0) is 0 Å². The molecule has 0 amide bonds. The molecule has 1 aliphatic heterocycles. The maximum atomic E-state index is 6.02. The Labute approximate surface area is 169 Å². The third-order valence-corrected chi connectivity index (χ3v) is 5.33. The molecule has 0 saturated heterocycles. The minimum absolute atomic E-state index is 0.148. The predicted octanol–water partition coefficient (Wildman–Crippen LogP) is 5.31. The van der Waals surface area contributed by atoms with Gasteiger partial charge in [-0.1, -0.05) is 35.4 Å². The number of anilines is 1. The molecule has 0 fully saturated rings. The molecule has 27 heavy (non-hydrogen) atoms. The molecule has 1 aromatic carbocycles. The first-order valence-corrected chi connectivity index (χ1v) is 10.5. The van der Waals surface area contributed by atoms with Gasteiger partial charge >= 0.3 is 0 Å². The molecule has 0 bridgehead atoms. The van der Waals surface area contributed by atoms with Gasteiger partial charge in [0.1, 0.15) is 0 Å². The van der Waals surface area contributed by atoms with Gasteiger partial charge in [-0.25, -0.2) is 0 Å². The van der Waals surface area contributed by atoms with Crippen molar-refractivity contribution in [2.75, 3.05) is 25.0 Å². The van der Waals surface area contributed by atoms with Crippen molar-refractivity contribution >= 4 is 17.3 Å². The Bertz CT molecular complexity index is 614. The summed E-state index contributed by atoms with van der Waals surface area (Å²) in [5.74, 6) is 0. The maximum absolute atomic E-state index is 6.02. The van der Waals surface area contributed by atoms with Crippen LogP contribution < -0.4 is 10.6 Å². The van der Waals surface area contributed by atoms with Crippen LogP contribution in [0.4, 0.5) is 5.69 Å². The van der Waals surface area contributed by atoms with Gasteiger partial charge in [0.15, 0.2) is 0 Å². The van der Waals surface area contributed by atoms with E-state index in [4.69, 9.17) is 11.6 Å². The number of benzene rings is 1. The second-order valence-electron chi connectivity index (χ2n) is 7.24. The fourth-order valence-corrected chi connectivity index (χ4v) is 3.28. The molecule has 1 aliphatic rings. The van der Waals surface area contributed by atoms with Gasteiger partial charge in [-0.05, 0) is 70.8 Å². The fraction of sp³-hybridized carbons (Fsp3) is 0.619. The second-order valence-corrected chi connectivity index (χ2v) is 7.67. The minimum atomic E-state index is 0.148. The number of rotatable bonds is 7. The van der Waals surface area contributed by atoms with Crippen molar-refractivity contribution in [3.05, 3.63) is 40.9 Å². The number of halogens is 1. The summed E-state index contributed by atoms with van der Waals surface area (Å²) in [5, 5.41) is 19.2. The SMILES string of the molecule is CCCN[C@@H](C)C1C/C=C(\C)C(Nc2ccc(Cl)cc2)CCN(CC)N=N1. The van der Waals surface area contributed by atoms with Crippen molar-refractivity contribution in [3.8, 4) is 0 Å². The minimum Gasteiger partial charge on any atom is -0.379 e. The molecular weight excluding hydrogens is 358 g/mol. The Kier molecular flexibility index (Phi) is 9.08. The van der Waals surface area contributed by atoms with Crippen LogP contribution in [0.5, 0.6) is 0 Å². The second kappa shape index (κ2) is 11.3. The summed E-state index contributed by atoms with van der Waals surface area (Å²) in [6.45, 7) is 11.5. The molecule has 5 nitrogen and oxygen atoms in total. The molecule has 1 aromatic rings. The molecule has 2 N–H and O–H groups in total. The number of hydrogen-bond acceptors (Lipinski definition) is 5. The number of hydrogen-bond donors (Lipinski definition) is 2. The zero-order chi connectivity index (χ0) is 19.6. The Morgan fingerprint density at radius 3 is 2.67 bits per heavy atom. The fourth-order valence-electron chi connectivity index (χ4n) is 3.15. The molecule has 150 valence electrons. The average molecular weight is 392 g/mol. The lowest BCUT2D eigenvalue weighted by atomic mass is 9.99. The van der Waals surface area contributed by atoms with E-state index in [9.17, 15) is 0 Å². The topological polar surface area (TPSA) is 52.0 Å². The van der Waals surface area contributed by atoms with Crippen molar-refractivity contribution in [2.24, 2.45) is 10.3 Å². The molecule has 0 saturated carbocycles. The van der Waals surface area contributed by atoms with E-state index in [0.29, 0.717) is 6.04 Å². The van der Waals surface area contributed by atoms with E-state index in [0.717, 1.165) is 49.6 Å². The van der Waals surface area contributed by atoms with Crippen LogP contribution in [0.3, 0.4) is 0 Å². The zero-order valence-corrected chi connectivity index (χ0v) is 17.8. The molecule has 1 heterocycles. The van der Waals surface area contributed by atoms with Crippen molar-refractivity contribution in [2.45, 2.75) is 65.1 Å². The summed E-state index contributed by atoms with van der Waals surface area (Å²) >= 11 is 6.02. The van der Waals surface area contributed by atoms with Crippen molar-refractivity contribution in [1.82, 2.24) is 10.3 Å². The lowest BCUT2D eigenvalue weighted by Gasteiger charge is -2.27. The van der Waals surface area contributed by atoms with Gasteiger partial charge in [-0.2, -0.15) is 5.11 Å². The van der Waals surface area contributed by atoms with E-state index >= 15 is 0 Å². The molecule has 0 radical (unpaired) electrons. The number of nitrogens with one attached hydrogen (secondary N) is 2. The quantitative estimate of drug-likeness (QED) is 0.619. The Morgan fingerprint density at radius 2 is 2.00 bits per heavy atom. The van der Waals surface area contributed by atoms with Crippen LogP contribution in [0.15, 0.2) is 46.3 Å². The van der Waals surface area contributed by atoms with E-state index in [1.807, 2.05) is 24.3 Å². The zero-order valence-electron chi connectivity index (χ0n) is 17.1. The molecule has 6 heteroatoms. The van der Waals surface area contributed by atoms with Crippen molar-refractivity contribution in [3.63, 3.8) is 0 Å². The smallest absolute Gasteiger partial charge is 0.0913 e. The Hall–Kier alpha value is -1.59. The van der Waals surface area contributed by atoms with Gasteiger partial charge in [-0.3, -0.25) is 5.01 Å². The average Bonchev–Trinajstić information content (AvgIpc) is 2.68. The molecule has 3 atom stereocenters. The molecule has 2 rings (SSSR count). The van der Waals surface area contributed by atoms with E-state index in [-0.39, 0.29) is 12.1 Å². The van der Waals surface area contributed by atoms with Gasteiger partial charge < -0.3 is 10.6 Å². The third-order valence-electron chi connectivity index (χ3n) is 5.08. The standard InChI is InChI=1S/C21H34ClN5/c1-5-14-23-17(4)21-12-7-16(3)20(13-15-27(6-2)26-25-21)24-19-10-8-18(22)9-11-19/h7-11,17,20-21,23-24H,5-6,12-15H2,1-4H3/b16-7+,26-25?/t17-,20?,21?/m0/s1. The first-order chi connectivity index (χ1) is 13.0. The Balaban J connectivity index is 2.14. The first kappa shape index (κ1) is 21.7. The van der Waals surface area contributed by atoms with Gasteiger partial charge in [0, 0.05) is 35.9 Å². The van der Waals surface area contributed by atoms with Crippen molar-refractivity contribution in [1.29, 1.82) is 0 Å². The monoisotopic (exact) mass is 391 g/mol. The molecule has 0 aromatic heterocycles. The van der Waals surface area contributed by atoms with E-state index in [1.54, 1.807) is 0 Å². The summed E-state index contributed by atoms with van der Waals surface area (Å²) in [6.07, 6.45) is 5.32. The largest absolute Gasteiger partial charge is 0.379 e. The van der Waals surface area contributed by atoms with Crippen LogP contribution in [0, 0.1) is 0 Å². The highest BCUT2D eigenvalue weighted by Crippen LogP contribution is 2.21. The number of nitrogens with zero attached hydrogens (tertiary/aromatic N) is 3. The Morgan fingerprint density at radius 1 is 1.26 bits per heavy atom. The lowest BCUT2D eigenvalue weighted by molar-refractivity contribution is 0.260. The summed E-state index contributed by atoms with van der Waals surface area (Å²) in [7, 11) is 0. The lowest BCUT2D eigenvalue weighted by Crippen LogP contribution is -2.37. The molecule has 0 aliphatic carbocycles. The van der Waals surface area contributed by atoms with Gasteiger partial charge in [0.25, 0.3) is 0 Å². The van der Waals surface area contributed by atoms with Crippen LogP contribution in [0.2, 0.25) is 5.02 Å². The highest BCUT2D eigenvalue weighted by molar-refractivity contribution is 6.30. The maximum Gasteiger partial charge on any atom is 0.0913 e. The van der Waals surface area contributed by atoms with Crippen LogP contribution in [0.1, 0.15) is 47.0 Å². The van der Waals surface area contributed by atoms with Gasteiger partial charge in [-0.15, -0.1) is 0 Å². The first-order valence-electron chi connectivity index (χ1n) is 10.1. The van der Waals surface area contributed by atoms with Crippen LogP contribution >= 0.6 is 11.6 Å². The van der Waals surface area contributed by atoms with Gasteiger partial charge in [0.05, 0.1) is 6.04 Å². The highest BCUT2D eigenvalue weighted by atomic mass is 35.5. The van der Waals surface area contributed by atoms with E-state index < -0.39 is 0 Å². The third kappa shape index (κ3) is 7.15. The summed E-state index contributed by atoms with van der Waals surface area (Å²) in [5.41, 5.74) is 2.44. The summed E-state index contributed by atoms with van der Waals surface area (Å²) < 4.78 is 0. The molecule has 0 spiro atoms. The summed E-state index contributed by atoms with van der Waals surface area (Å²) in [6, 6.07) is 8.64. The molecule has 2 unspecified atom stereocenters. The van der Waals surface area contributed by atoms with Crippen molar-refractivity contribution < 1.29 is 0 Å². The van der Waals surface area contributed by atoms with E-state index in [1.165, 1.54) is 5.57 Å². The van der Waals surface area contributed by atoms with Gasteiger partial charge in [0.2, 0.25) is 0 Å². The van der Waals surface area contributed by atoms with E-state index in [2.05, 4.69) is 59.8 Å².